The summed E-state index contributed by atoms with van der Waals surface area (Å²) in [7, 11) is -3.73. The molecule has 0 bridgehead atoms. The van der Waals surface area contributed by atoms with Crippen LogP contribution >= 0.6 is 0 Å². The molecule has 0 aromatic heterocycles. The number of sulfonamides is 1. The largest absolute Gasteiger partial charge is 0.350 e. The zero-order valence-corrected chi connectivity index (χ0v) is 16.1. The van der Waals surface area contributed by atoms with Crippen molar-refractivity contribution >= 4 is 15.9 Å². The van der Waals surface area contributed by atoms with Crippen molar-refractivity contribution in [3.8, 4) is 0 Å². The second-order valence-electron chi connectivity index (χ2n) is 6.96. The monoisotopic (exact) mass is 375 g/mol. The maximum Gasteiger partial charge on any atom is 0.251 e. The van der Waals surface area contributed by atoms with E-state index in [0.717, 1.165) is 5.56 Å². The van der Waals surface area contributed by atoms with E-state index >= 15 is 0 Å². The van der Waals surface area contributed by atoms with Gasteiger partial charge in [-0.25, -0.2) is 13.1 Å². The molecule has 2 aromatic rings. The van der Waals surface area contributed by atoms with Crippen LogP contribution in [0, 0.1) is 6.92 Å². The third-order valence-electron chi connectivity index (χ3n) is 3.78. The molecule has 0 aliphatic heterocycles. The first-order valence-corrected chi connectivity index (χ1v) is 9.78. The molecule has 6 nitrogen and oxygen atoms in total. The zero-order valence-electron chi connectivity index (χ0n) is 15.2. The molecule has 1 amide bonds. The van der Waals surface area contributed by atoms with Crippen LogP contribution in [-0.2, 0) is 16.6 Å². The van der Waals surface area contributed by atoms with E-state index in [2.05, 4.69) is 10.0 Å². The van der Waals surface area contributed by atoms with E-state index in [0.29, 0.717) is 11.1 Å². The topological polar surface area (TPSA) is 101 Å². The summed E-state index contributed by atoms with van der Waals surface area (Å²) < 4.78 is 27.6. The summed E-state index contributed by atoms with van der Waals surface area (Å²) in [4.78, 5) is 12.4. The minimum absolute atomic E-state index is 0.0520. The summed E-state index contributed by atoms with van der Waals surface area (Å²) in [5, 5.41) is 2.74. The van der Waals surface area contributed by atoms with Crippen molar-refractivity contribution in [3.63, 3.8) is 0 Å². The van der Waals surface area contributed by atoms with Crippen molar-refractivity contribution in [1.82, 2.24) is 10.0 Å². The Morgan fingerprint density at radius 1 is 1.12 bits per heavy atom. The average molecular weight is 375 g/mol. The van der Waals surface area contributed by atoms with E-state index in [1.54, 1.807) is 26.8 Å². The highest BCUT2D eigenvalue weighted by Crippen LogP contribution is 2.16. The number of nitrogens with two attached hydrogens (primary N) is 1. The molecule has 0 fully saturated rings. The first kappa shape index (κ1) is 20.1. The Morgan fingerprint density at radius 3 is 2.38 bits per heavy atom. The maximum atomic E-state index is 12.5. The van der Waals surface area contributed by atoms with E-state index < -0.39 is 15.6 Å². The number of amides is 1. The summed E-state index contributed by atoms with van der Waals surface area (Å²) in [6, 6.07) is 13.7. The Bertz CT molecular complexity index is 873. The van der Waals surface area contributed by atoms with Gasteiger partial charge in [0, 0.05) is 24.2 Å². The molecule has 0 spiro atoms. The van der Waals surface area contributed by atoms with Gasteiger partial charge in [-0.3, -0.25) is 4.79 Å². The highest BCUT2D eigenvalue weighted by molar-refractivity contribution is 7.89. The van der Waals surface area contributed by atoms with Crippen LogP contribution in [0.5, 0.6) is 0 Å². The Balaban J connectivity index is 2.17. The highest BCUT2D eigenvalue weighted by Gasteiger charge is 2.19. The molecule has 2 aromatic carbocycles. The van der Waals surface area contributed by atoms with Crippen molar-refractivity contribution in [1.29, 1.82) is 0 Å². The average Bonchev–Trinajstić information content (AvgIpc) is 2.58. The fraction of sp³-hybridized carbons (Fsp3) is 0.316. The Kier molecular flexibility index (Phi) is 6.17. The Morgan fingerprint density at radius 2 is 1.77 bits per heavy atom. The summed E-state index contributed by atoms with van der Waals surface area (Å²) in [6.45, 7) is 5.83. The quantitative estimate of drug-likeness (QED) is 0.688. The van der Waals surface area contributed by atoms with Gasteiger partial charge in [0.25, 0.3) is 5.91 Å². The van der Waals surface area contributed by atoms with Crippen LogP contribution in [0.15, 0.2) is 53.4 Å². The number of rotatable bonds is 7. The van der Waals surface area contributed by atoms with Crippen LogP contribution < -0.4 is 15.8 Å². The van der Waals surface area contributed by atoms with Gasteiger partial charge in [-0.05, 0) is 44.0 Å². The third kappa shape index (κ3) is 5.66. The van der Waals surface area contributed by atoms with Gasteiger partial charge in [-0.15, -0.1) is 0 Å². The number of carbonyl (C=O) groups is 1. The van der Waals surface area contributed by atoms with Gasteiger partial charge in [0.1, 0.15) is 0 Å². The molecule has 2 rings (SSSR count). The summed E-state index contributed by atoms with van der Waals surface area (Å²) >= 11 is 0. The van der Waals surface area contributed by atoms with Gasteiger partial charge < -0.3 is 11.1 Å². The molecule has 0 aliphatic carbocycles. The molecule has 0 heterocycles. The van der Waals surface area contributed by atoms with Crippen molar-refractivity contribution in [2.75, 3.05) is 6.54 Å². The van der Waals surface area contributed by atoms with Crippen LogP contribution in [0.2, 0.25) is 0 Å². The third-order valence-corrected chi connectivity index (χ3v) is 5.18. The lowest BCUT2D eigenvalue weighted by Gasteiger charge is -2.19. The number of nitrogens with one attached hydrogen (secondary N) is 2. The summed E-state index contributed by atoms with van der Waals surface area (Å²) in [6.07, 6.45) is 0. The number of carbonyl (C=O) groups excluding carboxylic acids is 1. The van der Waals surface area contributed by atoms with E-state index in [-0.39, 0.29) is 23.9 Å². The number of aryl methyl sites for hydroxylation is 1. The van der Waals surface area contributed by atoms with E-state index in [1.807, 2.05) is 30.3 Å². The van der Waals surface area contributed by atoms with Gasteiger partial charge in [0.15, 0.2) is 0 Å². The lowest BCUT2D eigenvalue weighted by molar-refractivity contribution is 0.0945. The summed E-state index contributed by atoms with van der Waals surface area (Å²) in [5.41, 5.74) is 7.19. The molecule has 26 heavy (non-hydrogen) atoms. The molecule has 0 saturated heterocycles. The molecular weight excluding hydrogens is 350 g/mol. The van der Waals surface area contributed by atoms with Gasteiger partial charge in [0.2, 0.25) is 10.0 Å². The molecular formula is C19H25N3O3S. The van der Waals surface area contributed by atoms with E-state index in [9.17, 15) is 13.2 Å². The molecule has 0 unspecified atom stereocenters. The second-order valence-corrected chi connectivity index (χ2v) is 8.73. The van der Waals surface area contributed by atoms with Crippen LogP contribution in [0.4, 0.5) is 0 Å². The van der Waals surface area contributed by atoms with Crippen molar-refractivity contribution < 1.29 is 13.2 Å². The molecule has 7 heteroatoms. The van der Waals surface area contributed by atoms with Crippen molar-refractivity contribution in [2.45, 2.75) is 37.8 Å². The van der Waals surface area contributed by atoms with Crippen LogP contribution in [-0.4, -0.2) is 26.4 Å². The molecule has 0 atom stereocenters. The molecule has 0 aliphatic rings. The molecule has 140 valence electrons. The highest BCUT2D eigenvalue weighted by atomic mass is 32.2. The maximum absolute atomic E-state index is 12.5. The predicted octanol–water partition coefficient (Wildman–Crippen LogP) is 1.94. The Hall–Kier alpha value is -2.22. The first-order chi connectivity index (χ1) is 12.1. The predicted molar refractivity (Wildman–Crippen MR) is 102 cm³/mol. The number of hydrogen-bond donors (Lipinski definition) is 3. The van der Waals surface area contributed by atoms with Gasteiger partial charge >= 0.3 is 0 Å². The van der Waals surface area contributed by atoms with E-state index in [4.69, 9.17) is 5.73 Å². The van der Waals surface area contributed by atoms with Crippen molar-refractivity contribution in [3.05, 3.63) is 65.2 Å². The van der Waals surface area contributed by atoms with Crippen LogP contribution in [0.25, 0.3) is 0 Å². The fourth-order valence-electron chi connectivity index (χ4n) is 2.27. The van der Waals surface area contributed by atoms with E-state index in [1.165, 1.54) is 12.1 Å². The van der Waals surface area contributed by atoms with Gasteiger partial charge in [-0.1, -0.05) is 36.4 Å². The lowest BCUT2D eigenvalue weighted by atomic mass is 10.1. The number of benzene rings is 2. The number of hydrogen-bond acceptors (Lipinski definition) is 4. The standard InChI is InChI=1S/C19H25N3O3S/c1-14-9-10-16(11-17(14)18(23)21-13-19(2,3)20)26(24,25)22-12-15-7-5-4-6-8-15/h4-11,22H,12-13,20H2,1-3H3,(H,21,23). The van der Waals surface area contributed by atoms with Crippen LogP contribution in [0.3, 0.4) is 0 Å². The minimum atomic E-state index is -3.73. The van der Waals surface area contributed by atoms with Crippen LogP contribution in [0.1, 0.15) is 35.3 Å². The van der Waals surface area contributed by atoms with Gasteiger partial charge in [0.05, 0.1) is 4.90 Å². The first-order valence-electron chi connectivity index (χ1n) is 8.30. The molecule has 0 radical (unpaired) electrons. The minimum Gasteiger partial charge on any atom is -0.350 e. The van der Waals surface area contributed by atoms with Gasteiger partial charge in [-0.2, -0.15) is 0 Å². The molecule has 0 saturated carbocycles. The van der Waals surface area contributed by atoms with Crippen molar-refractivity contribution in [2.24, 2.45) is 5.73 Å². The normalized spacial score (nSPS) is 12.0. The fourth-order valence-corrected chi connectivity index (χ4v) is 3.32. The summed E-state index contributed by atoms with van der Waals surface area (Å²) in [5.74, 6) is -0.346. The second kappa shape index (κ2) is 7.99. The lowest BCUT2D eigenvalue weighted by Crippen LogP contribution is -2.45. The smallest absolute Gasteiger partial charge is 0.251 e. The zero-order chi connectivity index (χ0) is 19.4. The Labute approximate surface area is 154 Å². The SMILES string of the molecule is Cc1ccc(S(=O)(=O)NCc2ccccc2)cc1C(=O)NCC(C)(C)N. The molecule has 4 N–H and O–H groups in total.